The van der Waals surface area contributed by atoms with Gasteiger partial charge in [0.25, 0.3) is 0 Å². The van der Waals surface area contributed by atoms with Crippen molar-refractivity contribution in [2.24, 2.45) is 0 Å². The molecule has 0 aliphatic carbocycles. The Labute approximate surface area is 117 Å². The van der Waals surface area contributed by atoms with Gasteiger partial charge in [-0.15, -0.1) is 0 Å². The first-order valence-corrected chi connectivity index (χ1v) is 10.3. The molecule has 0 unspecified atom stereocenters. The van der Waals surface area contributed by atoms with Gasteiger partial charge in [-0.3, -0.25) is 0 Å². The maximum Gasteiger partial charge on any atom is 0.211 e. The van der Waals surface area contributed by atoms with Crippen molar-refractivity contribution in [1.29, 1.82) is 0 Å². The summed E-state index contributed by atoms with van der Waals surface area (Å²) in [6.07, 6.45) is 2.51. The second kappa shape index (κ2) is 8.89. The van der Waals surface area contributed by atoms with Gasteiger partial charge in [0, 0.05) is 25.4 Å². The van der Waals surface area contributed by atoms with Crippen molar-refractivity contribution >= 4 is 19.9 Å². The molecule has 116 valence electrons. The van der Waals surface area contributed by atoms with Crippen molar-refractivity contribution < 1.29 is 16.8 Å². The van der Waals surface area contributed by atoms with Gasteiger partial charge in [-0.1, -0.05) is 13.8 Å². The van der Waals surface area contributed by atoms with E-state index in [1.807, 2.05) is 6.92 Å². The fourth-order valence-electron chi connectivity index (χ4n) is 1.70. The molecule has 0 aromatic heterocycles. The van der Waals surface area contributed by atoms with Crippen LogP contribution in [0.1, 0.15) is 26.7 Å². The summed E-state index contributed by atoms with van der Waals surface area (Å²) >= 11 is 0. The summed E-state index contributed by atoms with van der Waals surface area (Å²) in [6, 6.07) is 0. The van der Waals surface area contributed by atoms with E-state index < -0.39 is 19.9 Å². The number of nitrogens with one attached hydrogen (secondary N) is 1. The SMILES string of the molecule is CCCS(=O)(=O)CCNCCCN(CC)S(C)(=O)=O. The summed E-state index contributed by atoms with van der Waals surface area (Å²) < 4.78 is 46.9. The van der Waals surface area contributed by atoms with Crippen molar-refractivity contribution in [2.75, 3.05) is 43.9 Å². The smallest absolute Gasteiger partial charge is 0.211 e. The third kappa shape index (κ3) is 9.37. The summed E-state index contributed by atoms with van der Waals surface area (Å²) in [5.41, 5.74) is 0. The molecule has 0 aromatic rings. The molecule has 0 saturated heterocycles. The molecule has 8 heteroatoms. The largest absolute Gasteiger partial charge is 0.316 e. The van der Waals surface area contributed by atoms with Crippen molar-refractivity contribution in [3.8, 4) is 0 Å². The van der Waals surface area contributed by atoms with Crippen LogP contribution in [0.2, 0.25) is 0 Å². The highest BCUT2D eigenvalue weighted by atomic mass is 32.2. The van der Waals surface area contributed by atoms with Crippen LogP contribution in [0.5, 0.6) is 0 Å². The first kappa shape index (κ1) is 18.8. The minimum absolute atomic E-state index is 0.143. The Morgan fingerprint density at radius 2 is 1.63 bits per heavy atom. The van der Waals surface area contributed by atoms with E-state index in [-0.39, 0.29) is 11.5 Å². The molecule has 0 rings (SSSR count). The van der Waals surface area contributed by atoms with E-state index >= 15 is 0 Å². The third-order valence-corrected chi connectivity index (χ3v) is 5.92. The molecule has 0 radical (unpaired) electrons. The standard InChI is InChI=1S/C11H26N2O4S2/c1-4-10-19(16,17)11-8-12-7-6-9-13(5-2)18(3,14)15/h12H,4-11H2,1-3H3. The van der Waals surface area contributed by atoms with Gasteiger partial charge in [0.1, 0.15) is 0 Å². The van der Waals surface area contributed by atoms with Gasteiger partial charge in [0.05, 0.1) is 12.0 Å². The van der Waals surface area contributed by atoms with Gasteiger partial charge in [0.15, 0.2) is 9.84 Å². The van der Waals surface area contributed by atoms with Gasteiger partial charge in [-0.05, 0) is 19.4 Å². The molecule has 0 aliphatic heterocycles. The first-order valence-electron chi connectivity index (χ1n) is 6.59. The predicted octanol–water partition coefficient (Wildman–Crippen LogP) is 0.0724. The van der Waals surface area contributed by atoms with E-state index in [0.29, 0.717) is 39.0 Å². The molecule has 0 fully saturated rings. The van der Waals surface area contributed by atoms with E-state index in [2.05, 4.69) is 5.32 Å². The molecule has 0 heterocycles. The Hall–Kier alpha value is -0.180. The average molecular weight is 314 g/mol. The van der Waals surface area contributed by atoms with E-state index in [1.54, 1.807) is 6.92 Å². The molecule has 19 heavy (non-hydrogen) atoms. The topological polar surface area (TPSA) is 83.6 Å². The Morgan fingerprint density at radius 3 is 2.11 bits per heavy atom. The normalized spacial score (nSPS) is 13.1. The molecule has 6 nitrogen and oxygen atoms in total. The summed E-state index contributed by atoms with van der Waals surface area (Å²) in [4.78, 5) is 0. The zero-order valence-electron chi connectivity index (χ0n) is 12.1. The lowest BCUT2D eigenvalue weighted by Crippen LogP contribution is -2.33. The molecular weight excluding hydrogens is 288 g/mol. The van der Waals surface area contributed by atoms with Crippen molar-refractivity contribution in [3.63, 3.8) is 0 Å². The predicted molar refractivity (Wildman–Crippen MR) is 78.5 cm³/mol. The number of sulfonamides is 1. The summed E-state index contributed by atoms with van der Waals surface area (Å²) in [6.45, 7) is 5.61. The van der Waals surface area contributed by atoms with Crippen LogP contribution in [0.25, 0.3) is 0 Å². The highest BCUT2D eigenvalue weighted by Gasteiger charge is 2.13. The molecule has 0 spiro atoms. The fraction of sp³-hybridized carbons (Fsp3) is 1.00. The molecule has 1 N–H and O–H groups in total. The second-order valence-electron chi connectivity index (χ2n) is 4.51. The van der Waals surface area contributed by atoms with Crippen LogP contribution in [-0.4, -0.2) is 65.1 Å². The zero-order chi connectivity index (χ0) is 14.9. The zero-order valence-corrected chi connectivity index (χ0v) is 13.7. The Balaban J connectivity index is 3.77. The van der Waals surface area contributed by atoms with Crippen molar-refractivity contribution in [3.05, 3.63) is 0 Å². The van der Waals surface area contributed by atoms with E-state index in [4.69, 9.17) is 0 Å². The summed E-state index contributed by atoms with van der Waals surface area (Å²) in [5, 5.41) is 3.03. The van der Waals surface area contributed by atoms with Crippen LogP contribution in [0.15, 0.2) is 0 Å². The molecule has 0 bridgehead atoms. The number of sulfone groups is 1. The highest BCUT2D eigenvalue weighted by molar-refractivity contribution is 7.91. The minimum atomic E-state index is -3.13. The number of hydrogen-bond donors (Lipinski definition) is 1. The highest BCUT2D eigenvalue weighted by Crippen LogP contribution is 1.98. The maximum absolute atomic E-state index is 11.4. The number of hydrogen-bond acceptors (Lipinski definition) is 5. The van der Waals surface area contributed by atoms with Crippen LogP contribution >= 0.6 is 0 Å². The van der Waals surface area contributed by atoms with Crippen molar-refractivity contribution in [2.45, 2.75) is 26.7 Å². The number of nitrogens with zero attached hydrogens (tertiary/aromatic N) is 1. The fourth-order valence-corrected chi connectivity index (χ4v) is 3.92. The molecule has 0 aliphatic rings. The summed E-state index contributed by atoms with van der Waals surface area (Å²) in [5.74, 6) is 0.372. The third-order valence-electron chi connectivity index (χ3n) is 2.69. The van der Waals surface area contributed by atoms with Crippen molar-refractivity contribution in [1.82, 2.24) is 9.62 Å². The Kier molecular flexibility index (Phi) is 8.80. The quantitative estimate of drug-likeness (QED) is 0.546. The average Bonchev–Trinajstić information content (AvgIpc) is 2.26. The van der Waals surface area contributed by atoms with Crippen LogP contribution < -0.4 is 5.32 Å². The number of rotatable bonds is 11. The van der Waals surface area contributed by atoms with Crippen LogP contribution in [0.3, 0.4) is 0 Å². The van der Waals surface area contributed by atoms with E-state index in [1.165, 1.54) is 10.6 Å². The monoisotopic (exact) mass is 314 g/mol. The second-order valence-corrected chi connectivity index (χ2v) is 8.80. The minimum Gasteiger partial charge on any atom is -0.316 e. The van der Waals surface area contributed by atoms with Gasteiger partial charge in [0.2, 0.25) is 10.0 Å². The van der Waals surface area contributed by atoms with E-state index in [0.717, 1.165) is 0 Å². The maximum atomic E-state index is 11.4. The lowest BCUT2D eigenvalue weighted by molar-refractivity contribution is 0.420. The molecule has 0 amide bonds. The lowest BCUT2D eigenvalue weighted by atomic mass is 10.4. The Bertz CT molecular complexity index is 432. The molecular formula is C11H26N2O4S2. The van der Waals surface area contributed by atoms with Crippen LogP contribution in [-0.2, 0) is 19.9 Å². The summed E-state index contributed by atoms with van der Waals surface area (Å²) in [7, 11) is -6.06. The molecule has 0 saturated carbocycles. The van der Waals surface area contributed by atoms with Crippen LogP contribution in [0, 0.1) is 0 Å². The lowest BCUT2D eigenvalue weighted by Gasteiger charge is -2.17. The molecule has 0 atom stereocenters. The van der Waals surface area contributed by atoms with Gasteiger partial charge >= 0.3 is 0 Å². The van der Waals surface area contributed by atoms with Gasteiger partial charge < -0.3 is 5.32 Å². The first-order chi connectivity index (χ1) is 8.73. The van der Waals surface area contributed by atoms with Crippen LogP contribution in [0.4, 0.5) is 0 Å². The Morgan fingerprint density at radius 1 is 1.00 bits per heavy atom. The molecule has 0 aromatic carbocycles. The van der Waals surface area contributed by atoms with E-state index in [9.17, 15) is 16.8 Å². The van der Waals surface area contributed by atoms with Gasteiger partial charge in [-0.25, -0.2) is 21.1 Å². The van der Waals surface area contributed by atoms with Gasteiger partial charge in [-0.2, -0.15) is 0 Å².